The highest BCUT2D eigenvalue weighted by Crippen LogP contribution is 2.36. The molecule has 1 aliphatic heterocycles. The van der Waals surface area contributed by atoms with Crippen molar-refractivity contribution in [1.29, 1.82) is 0 Å². The highest BCUT2D eigenvalue weighted by Gasteiger charge is 2.49. The molecule has 1 rings (SSSR count). The molecule has 0 saturated carbocycles. The van der Waals surface area contributed by atoms with Gasteiger partial charge in [0.15, 0.2) is 0 Å². The predicted octanol–water partition coefficient (Wildman–Crippen LogP) is 3.07. The van der Waals surface area contributed by atoms with E-state index in [1.807, 2.05) is 46.7 Å². The molecular weight excluding hydrogens is 255 g/mol. The van der Waals surface area contributed by atoms with E-state index in [4.69, 9.17) is 14.0 Å². The fourth-order valence-corrected chi connectivity index (χ4v) is 1.78. The third kappa shape index (κ3) is 4.49. The summed E-state index contributed by atoms with van der Waals surface area (Å²) in [5.41, 5.74) is 0.298. The average Bonchev–Trinajstić information content (AvgIpc) is 2.47. The Kier molecular flexibility index (Phi) is 5.60. The number of hydrogen-bond acceptors (Lipinski definition) is 4. The molecule has 0 radical (unpaired) electrons. The van der Waals surface area contributed by atoms with E-state index in [2.05, 4.69) is 0 Å². The molecule has 0 bridgehead atoms. The molecule has 0 atom stereocenters. The van der Waals surface area contributed by atoms with Gasteiger partial charge in [0.2, 0.25) is 0 Å². The van der Waals surface area contributed by atoms with Crippen molar-refractivity contribution in [3.05, 3.63) is 23.7 Å². The Balaban J connectivity index is 2.49. The number of carbonyl (C=O) groups is 1. The summed E-state index contributed by atoms with van der Waals surface area (Å²) in [6, 6.07) is 0. The van der Waals surface area contributed by atoms with Crippen LogP contribution >= 0.6 is 0 Å². The van der Waals surface area contributed by atoms with E-state index in [9.17, 15) is 4.79 Å². The van der Waals surface area contributed by atoms with Crippen molar-refractivity contribution in [2.24, 2.45) is 0 Å². The lowest BCUT2D eigenvalue weighted by Gasteiger charge is -2.32. The van der Waals surface area contributed by atoms with Crippen LogP contribution in [0.5, 0.6) is 0 Å². The number of ether oxygens (including phenoxy) is 1. The molecule has 1 saturated heterocycles. The van der Waals surface area contributed by atoms with Gasteiger partial charge in [-0.1, -0.05) is 17.6 Å². The van der Waals surface area contributed by atoms with Gasteiger partial charge in [-0.25, -0.2) is 4.79 Å². The molecule has 0 amide bonds. The Morgan fingerprint density at radius 3 is 2.25 bits per heavy atom. The molecule has 20 heavy (non-hydrogen) atoms. The van der Waals surface area contributed by atoms with Crippen LogP contribution in [0.3, 0.4) is 0 Å². The summed E-state index contributed by atoms with van der Waals surface area (Å²) in [6.45, 7) is 12.2. The normalized spacial score (nSPS) is 21.5. The van der Waals surface area contributed by atoms with Crippen molar-refractivity contribution in [1.82, 2.24) is 0 Å². The maximum absolute atomic E-state index is 11.3. The van der Waals surface area contributed by atoms with Crippen LogP contribution in [0.1, 0.15) is 48.0 Å². The van der Waals surface area contributed by atoms with Gasteiger partial charge in [-0.05, 0) is 48.0 Å². The second kappa shape index (κ2) is 6.59. The average molecular weight is 280 g/mol. The second-order valence-corrected chi connectivity index (χ2v) is 6.00. The third-order valence-corrected chi connectivity index (χ3v) is 3.66. The second-order valence-electron chi connectivity index (χ2n) is 6.00. The van der Waals surface area contributed by atoms with Gasteiger partial charge in [0, 0.05) is 6.08 Å². The van der Waals surface area contributed by atoms with Crippen molar-refractivity contribution in [2.75, 3.05) is 6.61 Å². The minimum atomic E-state index is -0.338. The van der Waals surface area contributed by atoms with Gasteiger partial charge in [0.1, 0.15) is 0 Å². The van der Waals surface area contributed by atoms with E-state index in [0.717, 1.165) is 5.57 Å². The zero-order valence-corrected chi connectivity index (χ0v) is 13.4. The van der Waals surface area contributed by atoms with Gasteiger partial charge in [0.05, 0.1) is 17.8 Å². The smallest absolute Gasteiger partial charge is 0.463 e. The minimum absolute atomic E-state index is 0.297. The third-order valence-electron chi connectivity index (χ3n) is 3.66. The molecule has 0 aromatic rings. The van der Waals surface area contributed by atoms with Crippen LogP contribution in [0, 0.1) is 0 Å². The molecular formula is C15H25BO4. The van der Waals surface area contributed by atoms with E-state index in [1.165, 1.54) is 6.08 Å². The number of esters is 1. The maximum Gasteiger partial charge on any atom is 0.486 e. The van der Waals surface area contributed by atoms with Crippen LogP contribution in [0.15, 0.2) is 23.7 Å². The van der Waals surface area contributed by atoms with E-state index in [1.54, 1.807) is 6.92 Å². The number of rotatable bonds is 5. The Bertz CT molecular complexity index is 394. The molecule has 1 aliphatic rings. The highest BCUT2D eigenvalue weighted by atomic mass is 16.7. The lowest BCUT2D eigenvalue weighted by atomic mass is 9.89. The molecule has 0 aromatic carbocycles. The summed E-state index contributed by atoms with van der Waals surface area (Å²) in [5.74, 6) is 1.59. The van der Waals surface area contributed by atoms with E-state index in [0.29, 0.717) is 13.0 Å². The lowest BCUT2D eigenvalue weighted by Crippen LogP contribution is -2.41. The van der Waals surface area contributed by atoms with E-state index in [-0.39, 0.29) is 24.3 Å². The Morgan fingerprint density at radius 2 is 1.75 bits per heavy atom. The molecule has 0 aromatic heterocycles. The first-order valence-corrected chi connectivity index (χ1v) is 7.04. The molecule has 1 fully saturated rings. The first-order chi connectivity index (χ1) is 9.18. The Morgan fingerprint density at radius 1 is 1.20 bits per heavy atom. The van der Waals surface area contributed by atoms with Gasteiger partial charge < -0.3 is 14.0 Å². The van der Waals surface area contributed by atoms with Crippen molar-refractivity contribution >= 4 is 13.1 Å². The van der Waals surface area contributed by atoms with Gasteiger partial charge in [0.25, 0.3) is 0 Å². The molecule has 0 spiro atoms. The van der Waals surface area contributed by atoms with Crippen LogP contribution in [0.25, 0.3) is 0 Å². The van der Waals surface area contributed by atoms with Crippen molar-refractivity contribution in [2.45, 2.75) is 59.2 Å². The zero-order valence-electron chi connectivity index (χ0n) is 13.4. The van der Waals surface area contributed by atoms with Gasteiger partial charge in [-0.3, -0.25) is 0 Å². The molecule has 112 valence electrons. The van der Waals surface area contributed by atoms with Gasteiger partial charge >= 0.3 is 13.1 Å². The first kappa shape index (κ1) is 17.0. The SMILES string of the molecule is CCOC(=O)/C=C(\C)C/C=C\B1OC(C)(C)C(C)(C)O1. The maximum atomic E-state index is 11.3. The zero-order chi connectivity index (χ0) is 15.4. The summed E-state index contributed by atoms with van der Waals surface area (Å²) in [5, 5.41) is 0. The van der Waals surface area contributed by atoms with Crippen LogP contribution in [0.4, 0.5) is 0 Å². The Hall–Kier alpha value is -1.07. The van der Waals surface area contributed by atoms with Crippen molar-refractivity contribution in [3.8, 4) is 0 Å². The summed E-state index contributed by atoms with van der Waals surface area (Å²) < 4.78 is 16.5. The molecule has 0 unspecified atom stereocenters. The van der Waals surface area contributed by atoms with Gasteiger partial charge in [-0.2, -0.15) is 0 Å². The molecule has 1 heterocycles. The molecule has 5 heteroatoms. The molecule has 4 nitrogen and oxygen atoms in total. The predicted molar refractivity (Wildman–Crippen MR) is 80.2 cm³/mol. The fourth-order valence-electron chi connectivity index (χ4n) is 1.78. The monoisotopic (exact) mass is 280 g/mol. The lowest BCUT2D eigenvalue weighted by molar-refractivity contribution is -0.137. The molecule has 0 N–H and O–H groups in total. The van der Waals surface area contributed by atoms with Crippen LogP contribution in [0.2, 0.25) is 0 Å². The van der Waals surface area contributed by atoms with E-state index >= 15 is 0 Å². The quantitative estimate of drug-likeness (QED) is 0.441. The highest BCUT2D eigenvalue weighted by molar-refractivity contribution is 6.51. The largest absolute Gasteiger partial charge is 0.486 e. The first-order valence-electron chi connectivity index (χ1n) is 7.04. The van der Waals surface area contributed by atoms with Crippen LogP contribution < -0.4 is 0 Å². The standard InChI is InChI=1S/C15H25BO4/c1-7-18-13(17)11-12(2)9-8-10-16-19-14(3,4)15(5,6)20-16/h8,10-11H,7,9H2,1-6H3/b10-8-,12-11+. The van der Waals surface area contributed by atoms with Gasteiger partial charge in [-0.15, -0.1) is 0 Å². The van der Waals surface area contributed by atoms with E-state index < -0.39 is 0 Å². The summed E-state index contributed by atoms with van der Waals surface area (Å²) in [4.78, 5) is 11.3. The van der Waals surface area contributed by atoms with Crippen molar-refractivity contribution < 1.29 is 18.8 Å². The minimum Gasteiger partial charge on any atom is -0.463 e. The number of allylic oxidation sites excluding steroid dienone is 2. The summed E-state index contributed by atoms with van der Waals surface area (Å²) in [6.07, 6.45) is 4.13. The van der Waals surface area contributed by atoms with Crippen LogP contribution in [-0.2, 0) is 18.8 Å². The number of carbonyl (C=O) groups excluding carboxylic acids is 1. The van der Waals surface area contributed by atoms with Crippen molar-refractivity contribution in [3.63, 3.8) is 0 Å². The Labute approximate surface area is 122 Å². The summed E-state index contributed by atoms with van der Waals surface area (Å²) in [7, 11) is -0.338. The summed E-state index contributed by atoms with van der Waals surface area (Å²) >= 11 is 0. The fraction of sp³-hybridized carbons (Fsp3) is 0.667. The number of hydrogen-bond donors (Lipinski definition) is 0. The van der Waals surface area contributed by atoms with Crippen LogP contribution in [-0.4, -0.2) is 30.9 Å². The molecule has 0 aliphatic carbocycles. The topological polar surface area (TPSA) is 44.8 Å².